The normalized spacial score (nSPS) is 13.7. The van der Waals surface area contributed by atoms with Crippen LogP contribution in [-0.4, -0.2) is 66.6 Å². The van der Waals surface area contributed by atoms with E-state index in [2.05, 4.69) is 30.8 Å². The standard InChI is InChI=1S/C10H14O5.2C5H7ClO2.C5H8O3.2CH4.Cl2OS/c1-7(11)3-5-9(13)15-10(14)6-4-8(2)12;1-5(6)3-2-4(7)8-5;1-4(7)2-3-5(6)8;1-4(6)2-3-5(7)8;;;1-4(2)3/h3-6H2,1-2H3;2*2-3H2,1H3;2-3H2,1H3,(H,7,8);2*1H4;. The van der Waals surface area contributed by atoms with Crippen molar-refractivity contribution < 1.29 is 61.9 Å². The van der Waals surface area contributed by atoms with Crippen LogP contribution < -0.4 is 0 Å². The maximum atomic E-state index is 10.9. The molecule has 1 saturated heterocycles. The number of carbonyl (C=O) groups is 9. The molecule has 264 valence electrons. The van der Waals surface area contributed by atoms with Crippen molar-refractivity contribution in [3.8, 4) is 0 Å². The van der Waals surface area contributed by atoms with Crippen LogP contribution in [0, 0.1) is 0 Å². The summed E-state index contributed by atoms with van der Waals surface area (Å²) < 4.78 is 18.1. The molecule has 0 amide bonds. The largest absolute Gasteiger partial charge is 0.481 e. The van der Waals surface area contributed by atoms with Gasteiger partial charge in [0.25, 0.3) is 0 Å². The SMILES string of the molecule is C.C.CC(=O)CCC(=O)Cl.CC(=O)CCC(=O)O.CC(=O)CCC(=O)OC(=O)CCC(C)=O.CC1(Cl)CCC(=O)O1.O=S(Cl)Cl. The van der Waals surface area contributed by atoms with E-state index in [0.29, 0.717) is 12.8 Å². The second kappa shape index (κ2) is 33.1. The molecule has 0 aromatic heterocycles. The molecule has 0 bridgehead atoms. The van der Waals surface area contributed by atoms with Crippen LogP contribution in [0.15, 0.2) is 0 Å². The maximum absolute atomic E-state index is 10.9. The van der Waals surface area contributed by atoms with Gasteiger partial charge in [-0.05, 0) is 46.2 Å². The zero-order valence-corrected chi connectivity index (χ0v) is 28.2. The average Bonchev–Trinajstić information content (AvgIpc) is 3.15. The molecule has 45 heavy (non-hydrogen) atoms. The number of esters is 3. The number of carboxylic acids is 1. The van der Waals surface area contributed by atoms with Gasteiger partial charge in [-0.1, -0.05) is 26.5 Å². The topological polar surface area (TPSA) is 209 Å². The van der Waals surface area contributed by atoms with Crippen LogP contribution in [0.4, 0.5) is 0 Å². The van der Waals surface area contributed by atoms with Crippen molar-refractivity contribution in [1.82, 2.24) is 0 Å². The van der Waals surface area contributed by atoms with Gasteiger partial charge in [-0.3, -0.25) is 24.0 Å². The van der Waals surface area contributed by atoms with Crippen molar-refractivity contribution >= 4 is 106 Å². The number of hydrogen-bond donors (Lipinski definition) is 1. The van der Waals surface area contributed by atoms with Gasteiger partial charge in [-0.15, -0.1) is 0 Å². The summed E-state index contributed by atoms with van der Waals surface area (Å²) in [5.41, 5.74) is 0. The van der Waals surface area contributed by atoms with E-state index in [0.717, 1.165) is 0 Å². The van der Waals surface area contributed by atoms with Gasteiger partial charge in [0.2, 0.25) is 14.5 Å². The molecule has 1 aliphatic rings. The average molecular weight is 751 g/mol. The summed E-state index contributed by atoms with van der Waals surface area (Å²) in [6.45, 7) is 7.21. The van der Waals surface area contributed by atoms with Crippen molar-refractivity contribution in [1.29, 1.82) is 0 Å². The fraction of sp³-hybridized carbons (Fsp3) is 0.667. The first kappa shape index (κ1) is 55.2. The number of carboxylic acid groups (broad SMARTS) is 1. The molecule has 1 heterocycles. The van der Waals surface area contributed by atoms with Crippen molar-refractivity contribution in [3.05, 3.63) is 0 Å². The quantitative estimate of drug-likeness (QED) is 0.106. The predicted octanol–water partition coefficient (Wildman–Crippen LogP) is 5.95. The Kier molecular flexibility index (Phi) is 40.6. The van der Waals surface area contributed by atoms with Crippen LogP contribution >= 0.6 is 44.6 Å². The molecular weight excluding hydrogens is 706 g/mol. The molecule has 1 aliphatic heterocycles. The molecule has 13 nitrogen and oxygen atoms in total. The highest BCUT2D eigenvalue weighted by Gasteiger charge is 2.32. The van der Waals surface area contributed by atoms with E-state index in [1.54, 1.807) is 6.92 Å². The van der Waals surface area contributed by atoms with Crippen LogP contribution in [-0.2, 0) is 61.9 Å². The number of ether oxygens (including phenoxy) is 2. The second-order valence-corrected chi connectivity index (χ2v) is 12.4. The number of cyclic esters (lactones) is 1. The number of rotatable bonds is 12. The van der Waals surface area contributed by atoms with Crippen LogP contribution in [0.3, 0.4) is 0 Å². The van der Waals surface area contributed by atoms with E-state index >= 15 is 0 Å². The summed E-state index contributed by atoms with van der Waals surface area (Å²) in [5, 5.41) is 6.85. The van der Waals surface area contributed by atoms with Crippen molar-refractivity contribution in [3.63, 3.8) is 0 Å². The van der Waals surface area contributed by atoms with E-state index in [-0.39, 0.29) is 95.3 Å². The van der Waals surface area contributed by atoms with Gasteiger partial charge in [-0.2, -0.15) is 0 Å². The molecule has 1 atom stereocenters. The molecular formula is C27H44Cl4O13S. The number of carbonyl (C=O) groups excluding carboxylic acids is 8. The number of ketones is 4. The zero-order chi connectivity index (χ0) is 34.8. The Bertz CT molecular complexity index is 911. The minimum atomic E-state index is -1.67. The van der Waals surface area contributed by atoms with Crippen molar-refractivity contribution in [2.75, 3.05) is 0 Å². The second-order valence-electron chi connectivity index (χ2n) is 8.66. The van der Waals surface area contributed by atoms with E-state index in [1.165, 1.54) is 27.7 Å². The fourth-order valence-corrected chi connectivity index (χ4v) is 2.28. The number of aliphatic carboxylic acids is 1. The zero-order valence-electron chi connectivity index (χ0n) is 24.3. The molecule has 0 aliphatic carbocycles. The third-order valence-electron chi connectivity index (χ3n) is 4.06. The van der Waals surface area contributed by atoms with Crippen LogP contribution in [0.1, 0.15) is 114 Å². The van der Waals surface area contributed by atoms with E-state index in [1.807, 2.05) is 0 Å². The molecule has 0 spiro atoms. The Hall–Kier alpha value is -2.26. The summed E-state index contributed by atoms with van der Waals surface area (Å²) in [6, 6.07) is 0. The third-order valence-corrected chi connectivity index (χ3v) is 4.51. The number of hydrogen-bond acceptors (Lipinski definition) is 12. The van der Waals surface area contributed by atoms with Crippen molar-refractivity contribution in [2.24, 2.45) is 0 Å². The molecule has 1 fully saturated rings. The first-order chi connectivity index (χ1) is 19.5. The molecule has 18 heteroatoms. The predicted molar refractivity (Wildman–Crippen MR) is 172 cm³/mol. The van der Waals surface area contributed by atoms with Gasteiger partial charge in [0.1, 0.15) is 23.1 Å². The van der Waals surface area contributed by atoms with Gasteiger partial charge in [0.05, 0.1) is 25.7 Å². The molecule has 0 aromatic rings. The Morgan fingerprint density at radius 2 is 1.07 bits per heavy atom. The highest BCUT2D eigenvalue weighted by atomic mass is 36.0. The third kappa shape index (κ3) is 61.5. The summed E-state index contributed by atoms with van der Waals surface area (Å²) in [7, 11) is 7.36. The van der Waals surface area contributed by atoms with Gasteiger partial charge in [-0.25, -0.2) is 4.21 Å². The lowest BCUT2D eigenvalue weighted by atomic mass is 10.2. The Morgan fingerprint density at radius 3 is 1.22 bits per heavy atom. The van der Waals surface area contributed by atoms with E-state index in [9.17, 15) is 43.2 Å². The molecule has 0 aromatic carbocycles. The van der Waals surface area contributed by atoms with Gasteiger partial charge >= 0.3 is 23.9 Å². The molecule has 1 rings (SSSR count). The van der Waals surface area contributed by atoms with Gasteiger partial charge in [0, 0.05) is 59.9 Å². The molecule has 1 N–H and O–H groups in total. The smallest absolute Gasteiger partial charge is 0.313 e. The maximum Gasteiger partial charge on any atom is 0.313 e. The van der Waals surface area contributed by atoms with Crippen LogP contribution in [0.25, 0.3) is 0 Å². The summed E-state index contributed by atoms with van der Waals surface area (Å²) in [6.07, 6.45) is 1.57. The summed E-state index contributed by atoms with van der Waals surface area (Å²) >= 11 is 10.6. The molecule has 0 saturated carbocycles. The number of halogens is 4. The first-order valence-corrected chi connectivity index (χ1v) is 15.8. The van der Waals surface area contributed by atoms with E-state index < -0.39 is 37.4 Å². The highest BCUT2D eigenvalue weighted by Crippen LogP contribution is 2.29. The Balaban J connectivity index is -0.000000111. The summed E-state index contributed by atoms with van der Waals surface area (Å²) in [5.74, 6) is -2.90. The Morgan fingerprint density at radius 1 is 0.756 bits per heavy atom. The van der Waals surface area contributed by atoms with Crippen LogP contribution in [0.5, 0.6) is 0 Å². The molecule has 1 unspecified atom stereocenters. The summed E-state index contributed by atoms with van der Waals surface area (Å²) in [4.78, 5) is 93.2. The minimum absolute atomic E-state index is 0. The first-order valence-electron chi connectivity index (χ1n) is 12.3. The Labute approximate surface area is 285 Å². The lowest BCUT2D eigenvalue weighted by Gasteiger charge is -2.10. The van der Waals surface area contributed by atoms with Gasteiger partial charge < -0.3 is 33.8 Å². The fourth-order valence-electron chi connectivity index (χ4n) is 2.01. The monoisotopic (exact) mass is 748 g/mol. The number of Topliss-reactive ketones (excluding diaryl/α,β-unsaturated/α-hetero) is 4. The minimum Gasteiger partial charge on any atom is -0.481 e. The van der Waals surface area contributed by atoms with Crippen LogP contribution in [0.2, 0.25) is 0 Å². The number of alkyl halides is 1. The lowest BCUT2D eigenvalue weighted by Crippen LogP contribution is -2.13. The van der Waals surface area contributed by atoms with Crippen molar-refractivity contribution in [2.45, 2.75) is 119 Å². The lowest BCUT2D eigenvalue weighted by molar-refractivity contribution is -0.160. The van der Waals surface area contributed by atoms with E-state index in [4.69, 9.17) is 32.5 Å². The molecule has 0 radical (unpaired) electrons. The van der Waals surface area contributed by atoms with Gasteiger partial charge in [0.15, 0.2) is 5.06 Å². The highest BCUT2D eigenvalue weighted by molar-refractivity contribution is 8.26.